The predicted octanol–water partition coefficient (Wildman–Crippen LogP) is 4.97. The van der Waals surface area contributed by atoms with Crippen molar-refractivity contribution in [2.24, 2.45) is 5.92 Å². The minimum absolute atomic E-state index is 0.147. The van der Waals surface area contributed by atoms with Crippen LogP contribution >= 0.6 is 23.6 Å². The molecule has 0 saturated carbocycles. The van der Waals surface area contributed by atoms with Crippen molar-refractivity contribution in [2.75, 3.05) is 18.5 Å². The molecule has 0 aliphatic heterocycles. The van der Waals surface area contributed by atoms with E-state index in [4.69, 9.17) is 21.7 Å². The summed E-state index contributed by atoms with van der Waals surface area (Å²) >= 11 is 6.86. The van der Waals surface area contributed by atoms with Crippen molar-refractivity contribution >= 4 is 45.5 Å². The van der Waals surface area contributed by atoms with Crippen molar-refractivity contribution in [2.45, 2.75) is 46.5 Å². The van der Waals surface area contributed by atoms with Crippen LogP contribution < -0.4 is 15.4 Å². The number of thiocarbonyl (C=S) groups is 1. The molecular formula is C23H28N2O4S2. The molecule has 0 atom stereocenters. The number of hydrogen-bond donors (Lipinski definition) is 2. The van der Waals surface area contributed by atoms with Crippen molar-refractivity contribution in [1.82, 2.24) is 5.32 Å². The van der Waals surface area contributed by atoms with Gasteiger partial charge in [0.05, 0.1) is 18.8 Å². The molecule has 2 aromatic rings. The van der Waals surface area contributed by atoms with Gasteiger partial charge in [0, 0.05) is 10.4 Å². The van der Waals surface area contributed by atoms with Gasteiger partial charge in [0.2, 0.25) is 0 Å². The molecular weight excluding hydrogens is 432 g/mol. The Bertz CT molecular complexity index is 951. The van der Waals surface area contributed by atoms with Gasteiger partial charge in [0.25, 0.3) is 5.91 Å². The van der Waals surface area contributed by atoms with Gasteiger partial charge in [0.15, 0.2) is 5.11 Å². The standard InChI is InChI=1S/C23H28N2O4S2/c1-4-28-22(27)19-17-7-5-6-8-18(17)31-21(19)25-23(30)24-20(26)15-9-11-16(12-10-15)29-13-14(2)3/h9-12,14H,4-8,13H2,1-3H3,(H2,24,25,26,30). The lowest BCUT2D eigenvalue weighted by Crippen LogP contribution is -2.34. The number of nitrogens with one attached hydrogen (secondary N) is 2. The van der Waals surface area contributed by atoms with Gasteiger partial charge in [0.1, 0.15) is 10.8 Å². The number of fused-ring (bicyclic) bond motifs is 1. The summed E-state index contributed by atoms with van der Waals surface area (Å²) in [5.74, 6) is 0.463. The van der Waals surface area contributed by atoms with Crippen LogP contribution in [0.3, 0.4) is 0 Å². The second-order valence-electron chi connectivity index (χ2n) is 7.77. The zero-order chi connectivity index (χ0) is 22.4. The van der Waals surface area contributed by atoms with Crippen LogP contribution in [-0.2, 0) is 17.6 Å². The zero-order valence-corrected chi connectivity index (χ0v) is 19.7. The highest BCUT2D eigenvalue weighted by Gasteiger charge is 2.27. The van der Waals surface area contributed by atoms with E-state index in [2.05, 4.69) is 24.5 Å². The fourth-order valence-corrected chi connectivity index (χ4v) is 4.89. The van der Waals surface area contributed by atoms with Gasteiger partial charge in [-0.15, -0.1) is 11.3 Å². The number of carbonyl (C=O) groups is 2. The highest BCUT2D eigenvalue weighted by molar-refractivity contribution is 7.80. The Morgan fingerprint density at radius 2 is 1.87 bits per heavy atom. The van der Waals surface area contributed by atoms with E-state index in [1.54, 1.807) is 31.2 Å². The number of carbonyl (C=O) groups excluding carboxylic acids is 2. The summed E-state index contributed by atoms with van der Waals surface area (Å²) in [6.45, 7) is 6.86. The van der Waals surface area contributed by atoms with E-state index >= 15 is 0 Å². The van der Waals surface area contributed by atoms with Gasteiger partial charge < -0.3 is 14.8 Å². The monoisotopic (exact) mass is 460 g/mol. The zero-order valence-electron chi connectivity index (χ0n) is 18.1. The summed E-state index contributed by atoms with van der Waals surface area (Å²) in [5.41, 5.74) is 2.06. The number of anilines is 1. The number of ether oxygens (including phenoxy) is 2. The Hall–Kier alpha value is -2.45. The third-order valence-corrected chi connectivity index (χ3v) is 6.22. The molecule has 1 aliphatic carbocycles. The highest BCUT2D eigenvalue weighted by atomic mass is 32.1. The molecule has 3 rings (SSSR count). The Kier molecular flexibility index (Phi) is 8.03. The number of rotatable bonds is 7. The fourth-order valence-electron chi connectivity index (χ4n) is 3.35. The lowest BCUT2D eigenvalue weighted by molar-refractivity contribution is 0.0526. The molecule has 1 aromatic carbocycles. The normalized spacial score (nSPS) is 12.8. The van der Waals surface area contributed by atoms with Gasteiger partial charge in [-0.05, 0) is 80.6 Å². The van der Waals surface area contributed by atoms with E-state index in [-0.39, 0.29) is 17.0 Å². The fraction of sp³-hybridized carbons (Fsp3) is 0.435. The summed E-state index contributed by atoms with van der Waals surface area (Å²) < 4.78 is 10.9. The van der Waals surface area contributed by atoms with E-state index in [1.807, 2.05) is 0 Å². The van der Waals surface area contributed by atoms with Gasteiger partial charge in [-0.25, -0.2) is 4.79 Å². The molecule has 1 aromatic heterocycles. The van der Waals surface area contributed by atoms with Gasteiger partial charge in [-0.1, -0.05) is 13.8 Å². The van der Waals surface area contributed by atoms with E-state index in [0.717, 1.165) is 31.2 Å². The van der Waals surface area contributed by atoms with Gasteiger partial charge in [-0.2, -0.15) is 0 Å². The van der Waals surface area contributed by atoms with Crippen molar-refractivity contribution < 1.29 is 19.1 Å². The summed E-state index contributed by atoms with van der Waals surface area (Å²) in [6.07, 6.45) is 3.95. The average molecular weight is 461 g/mol. The van der Waals surface area contributed by atoms with Crippen molar-refractivity contribution in [3.63, 3.8) is 0 Å². The summed E-state index contributed by atoms with van der Waals surface area (Å²) in [4.78, 5) is 26.3. The Morgan fingerprint density at radius 3 is 2.55 bits per heavy atom. The summed E-state index contributed by atoms with van der Waals surface area (Å²) in [7, 11) is 0. The van der Waals surface area contributed by atoms with E-state index in [9.17, 15) is 9.59 Å². The molecule has 1 aliphatic rings. The second-order valence-corrected chi connectivity index (χ2v) is 9.29. The number of amides is 1. The van der Waals surface area contributed by atoms with Crippen LogP contribution in [0.2, 0.25) is 0 Å². The third-order valence-electron chi connectivity index (χ3n) is 4.80. The largest absolute Gasteiger partial charge is 0.493 e. The highest BCUT2D eigenvalue weighted by Crippen LogP contribution is 2.38. The van der Waals surface area contributed by atoms with Gasteiger partial charge >= 0.3 is 5.97 Å². The molecule has 0 unspecified atom stereocenters. The lowest BCUT2D eigenvalue weighted by Gasteiger charge is -2.13. The average Bonchev–Trinajstić information content (AvgIpc) is 3.10. The van der Waals surface area contributed by atoms with E-state index in [0.29, 0.717) is 41.0 Å². The first-order valence-electron chi connectivity index (χ1n) is 10.6. The minimum atomic E-state index is -0.351. The predicted molar refractivity (Wildman–Crippen MR) is 127 cm³/mol. The minimum Gasteiger partial charge on any atom is -0.493 e. The molecule has 1 amide bonds. The molecule has 6 nitrogen and oxygen atoms in total. The number of esters is 1. The summed E-state index contributed by atoms with van der Waals surface area (Å²) in [5, 5.41) is 6.51. The number of hydrogen-bond acceptors (Lipinski definition) is 6. The Labute approximate surface area is 192 Å². The van der Waals surface area contributed by atoms with Crippen LogP contribution in [0.4, 0.5) is 5.00 Å². The molecule has 0 fully saturated rings. The van der Waals surface area contributed by atoms with Crippen LogP contribution in [0.5, 0.6) is 5.75 Å². The van der Waals surface area contributed by atoms with Crippen molar-refractivity contribution in [3.8, 4) is 5.75 Å². The molecule has 0 radical (unpaired) electrons. The number of thiophene rings is 1. The summed E-state index contributed by atoms with van der Waals surface area (Å²) in [6, 6.07) is 6.92. The van der Waals surface area contributed by atoms with E-state index in [1.165, 1.54) is 16.2 Å². The quantitative estimate of drug-likeness (QED) is 0.449. The van der Waals surface area contributed by atoms with Crippen LogP contribution in [-0.4, -0.2) is 30.2 Å². The van der Waals surface area contributed by atoms with Crippen molar-refractivity contribution in [3.05, 3.63) is 45.8 Å². The first-order chi connectivity index (χ1) is 14.9. The van der Waals surface area contributed by atoms with Crippen LogP contribution in [0.1, 0.15) is 64.8 Å². The van der Waals surface area contributed by atoms with Gasteiger partial charge in [-0.3, -0.25) is 10.1 Å². The van der Waals surface area contributed by atoms with Crippen LogP contribution in [0.25, 0.3) is 0 Å². The van der Waals surface area contributed by atoms with Crippen LogP contribution in [0, 0.1) is 5.92 Å². The number of benzene rings is 1. The smallest absolute Gasteiger partial charge is 0.341 e. The molecule has 31 heavy (non-hydrogen) atoms. The molecule has 8 heteroatoms. The van der Waals surface area contributed by atoms with E-state index < -0.39 is 0 Å². The Morgan fingerprint density at radius 1 is 1.16 bits per heavy atom. The lowest BCUT2D eigenvalue weighted by atomic mass is 9.95. The maximum Gasteiger partial charge on any atom is 0.341 e. The van der Waals surface area contributed by atoms with Crippen molar-refractivity contribution in [1.29, 1.82) is 0 Å². The second kappa shape index (κ2) is 10.7. The first-order valence-corrected chi connectivity index (χ1v) is 11.8. The topological polar surface area (TPSA) is 76.7 Å². The molecule has 0 spiro atoms. The molecule has 0 saturated heterocycles. The Balaban J connectivity index is 1.67. The SMILES string of the molecule is CCOC(=O)c1c(NC(=S)NC(=O)c2ccc(OCC(C)C)cc2)sc2c1CCCC2. The molecule has 166 valence electrons. The molecule has 1 heterocycles. The maximum absolute atomic E-state index is 12.6. The molecule has 0 bridgehead atoms. The van der Waals surface area contributed by atoms with Crippen LogP contribution in [0.15, 0.2) is 24.3 Å². The third kappa shape index (κ3) is 6.04. The molecule has 2 N–H and O–H groups in total. The first kappa shape index (κ1) is 23.2. The maximum atomic E-state index is 12.6. The number of aryl methyl sites for hydroxylation is 1.